The minimum Gasteiger partial charge on any atom is -0.503 e. The summed E-state index contributed by atoms with van der Waals surface area (Å²) in [6.07, 6.45) is -0.542. The minimum absolute atomic E-state index is 0.00903. The Morgan fingerprint density at radius 2 is 2.00 bits per heavy atom. The molecule has 7 nitrogen and oxygen atoms in total. The second kappa shape index (κ2) is 6.04. The Morgan fingerprint density at radius 1 is 1.38 bits per heavy atom. The number of nitrogens with zero attached hydrogens (tertiary/aromatic N) is 1. The molecule has 1 aliphatic rings. The molecule has 0 radical (unpaired) electrons. The van der Waals surface area contributed by atoms with Crippen molar-refractivity contribution in [1.29, 1.82) is 5.26 Å². The van der Waals surface area contributed by atoms with E-state index in [2.05, 4.69) is 11.4 Å². The van der Waals surface area contributed by atoms with Crippen molar-refractivity contribution >= 4 is 17.6 Å². The molecule has 2 rings (SSSR count). The molecule has 1 fully saturated rings. The Hall–Kier alpha value is -2.75. The van der Waals surface area contributed by atoms with Crippen molar-refractivity contribution in [3.05, 3.63) is 17.7 Å². The van der Waals surface area contributed by atoms with Gasteiger partial charge < -0.3 is 14.6 Å². The van der Waals surface area contributed by atoms with E-state index in [1.165, 1.54) is 19.2 Å². The number of benzene rings is 1. The van der Waals surface area contributed by atoms with Crippen molar-refractivity contribution in [2.45, 2.75) is 44.6 Å². The van der Waals surface area contributed by atoms with Gasteiger partial charge in [0.05, 0.1) is 24.3 Å². The van der Waals surface area contributed by atoms with Gasteiger partial charge in [0.2, 0.25) is 0 Å². The van der Waals surface area contributed by atoms with Gasteiger partial charge in [0.1, 0.15) is 11.4 Å². The van der Waals surface area contributed by atoms with Crippen LogP contribution in [0.15, 0.2) is 12.1 Å². The van der Waals surface area contributed by atoms with Crippen LogP contribution < -0.4 is 10.1 Å². The van der Waals surface area contributed by atoms with Gasteiger partial charge in [-0.2, -0.15) is 5.26 Å². The first-order valence-corrected chi connectivity index (χ1v) is 7.44. The van der Waals surface area contributed by atoms with Crippen LogP contribution in [0.3, 0.4) is 0 Å². The standard InChI is InChI=1S/C17H20N2O5/c1-16(2,3)24-15(22)19-12-5-10(6-13(23-4)14(12)21)17(9-18)7-11(20)8-17/h5-6,21H,7-8H2,1-4H3,(H,19,22). The summed E-state index contributed by atoms with van der Waals surface area (Å²) in [6.45, 7) is 5.15. The van der Waals surface area contributed by atoms with Crippen molar-refractivity contribution in [3.63, 3.8) is 0 Å². The first-order valence-electron chi connectivity index (χ1n) is 7.44. The third-order valence-corrected chi connectivity index (χ3v) is 3.69. The summed E-state index contributed by atoms with van der Waals surface area (Å²) in [5, 5.41) is 22.1. The van der Waals surface area contributed by atoms with Crippen molar-refractivity contribution in [2.24, 2.45) is 0 Å². The average molecular weight is 332 g/mol. The van der Waals surface area contributed by atoms with Crippen LogP contribution in [0.5, 0.6) is 11.5 Å². The van der Waals surface area contributed by atoms with Crippen LogP contribution in [0.2, 0.25) is 0 Å². The highest BCUT2D eigenvalue weighted by molar-refractivity contribution is 5.92. The number of rotatable bonds is 3. The SMILES string of the molecule is COc1cc(C2(C#N)CC(=O)C2)cc(NC(=O)OC(C)(C)C)c1O. The van der Waals surface area contributed by atoms with Crippen LogP contribution >= 0.6 is 0 Å². The molecular weight excluding hydrogens is 312 g/mol. The first kappa shape index (κ1) is 17.6. The number of carbonyl (C=O) groups is 2. The first-order chi connectivity index (χ1) is 11.1. The topological polar surface area (TPSA) is 109 Å². The van der Waals surface area contributed by atoms with Gasteiger partial charge in [-0.3, -0.25) is 10.1 Å². The van der Waals surface area contributed by atoms with Gasteiger partial charge in [-0.1, -0.05) is 0 Å². The quantitative estimate of drug-likeness (QED) is 0.824. The molecule has 1 saturated carbocycles. The van der Waals surface area contributed by atoms with Gasteiger partial charge in [0.25, 0.3) is 0 Å². The lowest BCUT2D eigenvalue weighted by molar-refractivity contribution is -0.126. The maximum atomic E-state index is 11.9. The number of ether oxygens (including phenoxy) is 2. The van der Waals surface area contributed by atoms with Crippen LogP contribution in [0.4, 0.5) is 10.5 Å². The molecular formula is C17H20N2O5. The van der Waals surface area contributed by atoms with Gasteiger partial charge in [-0.05, 0) is 38.5 Å². The van der Waals surface area contributed by atoms with E-state index in [0.717, 1.165) is 0 Å². The Labute approximate surface area is 140 Å². The average Bonchev–Trinajstić information content (AvgIpc) is 2.43. The summed E-state index contributed by atoms with van der Waals surface area (Å²) in [5.74, 6) is -0.177. The van der Waals surface area contributed by atoms with Gasteiger partial charge in [-0.25, -0.2) is 4.79 Å². The van der Waals surface area contributed by atoms with Crippen molar-refractivity contribution in [3.8, 4) is 17.6 Å². The van der Waals surface area contributed by atoms with E-state index in [-0.39, 0.29) is 35.8 Å². The molecule has 0 aromatic heterocycles. The zero-order valence-electron chi connectivity index (χ0n) is 14.1. The summed E-state index contributed by atoms with van der Waals surface area (Å²) < 4.78 is 10.3. The normalized spacial score (nSPS) is 15.9. The fraction of sp³-hybridized carbons (Fsp3) is 0.471. The predicted octanol–water partition coefficient (Wildman–Crippen LogP) is 2.87. The molecule has 0 bridgehead atoms. The molecule has 2 N–H and O–H groups in total. The number of hydrogen-bond acceptors (Lipinski definition) is 6. The summed E-state index contributed by atoms with van der Waals surface area (Å²) in [7, 11) is 1.36. The van der Waals surface area contributed by atoms with Crippen molar-refractivity contribution in [1.82, 2.24) is 0 Å². The van der Waals surface area contributed by atoms with Gasteiger partial charge >= 0.3 is 6.09 Å². The molecule has 0 saturated heterocycles. The number of aromatic hydroxyl groups is 1. The van der Waals surface area contributed by atoms with Crippen LogP contribution in [0, 0.1) is 11.3 Å². The minimum atomic E-state index is -0.956. The van der Waals surface area contributed by atoms with Gasteiger partial charge in [0, 0.05) is 12.8 Å². The number of ketones is 1. The molecule has 128 valence electrons. The number of carbonyl (C=O) groups excluding carboxylic acids is 2. The second-order valence-electron chi connectivity index (χ2n) is 6.79. The largest absolute Gasteiger partial charge is 0.503 e. The van der Waals surface area contributed by atoms with Crippen molar-refractivity contribution in [2.75, 3.05) is 12.4 Å². The highest BCUT2D eigenvalue weighted by atomic mass is 16.6. The molecule has 1 aliphatic carbocycles. The number of hydrogen-bond donors (Lipinski definition) is 2. The zero-order chi connectivity index (χ0) is 18.1. The van der Waals surface area contributed by atoms with E-state index in [9.17, 15) is 20.0 Å². The van der Waals surface area contributed by atoms with E-state index < -0.39 is 17.1 Å². The van der Waals surface area contributed by atoms with Gasteiger partial charge in [-0.15, -0.1) is 0 Å². The lowest BCUT2D eigenvalue weighted by Gasteiger charge is -2.34. The summed E-state index contributed by atoms with van der Waals surface area (Å²) in [6, 6.07) is 5.12. The molecule has 0 spiro atoms. The van der Waals surface area contributed by atoms with Crippen molar-refractivity contribution < 1.29 is 24.2 Å². The zero-order valence-corrected chi connectivity index (χ0v) is 14.1. The van der Waals surface area contributed by atoms with E-state index in [1.807, 2.05) is 0 Å². The van der Waals surface area contributed by atoms with E-state index in [4.69, 9.17) is 9.47 Å². The monoisotopic (exact) mass is 332 g/mol. The molecule has 1 aromatic carbocycles. The molecule has 1 amide bonds. The maximum absolute atomic E-state index is 11.9. The van der Waals surface area contributed by atoms with E-state index in [0.29, 0.717) is 5.56 Å². The number of amides is 1. The van der Waals surface area contributed by atoms with E-state index >= 15 is 0 Å². The maximum Gasteiger partial charge on any atom is 0.412 e. The summed E-state index contributed by atoms with van der Waals surface area (Å²) >= 11 is 0. The highest BCUT2D eigenvalue weighted by Crippen LogP contribution is 2.46. The van der Waals surface area contributed by atoms with Crippen LogP contribution in [-0.2, 0) is 14.9 Å². The molecule has 7 heteroatoms. The van der Waals surface area contributed by atoms with Gasteiger partial charge in [0.15, 0.2) is 11.5 Å². The Kier molecular flexibility index (Phi) is 4.43. The fourth-order valence-corrected chi connectivity index (χ4v) is 2.52. The Bertz CT molecular complexity index is 720. The lowest BCUT2D eigenvalue weighted by Crippen LogP contribution is -2.40. The number of methoxy groups -OCH3 is 1. The van der Waals surface area contributed by atoms with Crippen LogP contribution in [-0.4, -0.2) is 29.7 Å². The molecule has 0 atom stereocenters. The molecule has 0 aliphatic heterocycles. The third-order valence-electron chi connectivity index (χ3n) is 3.69. The second-order valence-corrected chi connectivity index (χ2v) is 6.79. The third kappa shape index (κ3) is 3.43. The highest BCUT2D eigenvalue weighted by Gasteiger charge is 2.46. The molecule has 0 unspecified atom stereocenters. The number of phenolic OH excluding ortho intramolecular Hbond substituents is 1. The summed E-state index contributed by atoms with van der Waals surface area (Å²) in [5.41, 5.74) is -1.09. The van der Waals surface area contributed by atoms with Crippen LogP contribution in [0.25, 0.3) is 0 Å². The smallest absolute Gasteiger partial charge is 0.412 e. The molecule has 24 heavy (non-hydrogen) atoms. The predicted molar refractivity (Wildman–Crippen MR) is 86.0 cm³/mol. The summed E-state index contributed by atoms with van der Waals surface area (Å²) in [4.78, 5) is 23.3. The molecule has 0 heterocycles. The molecule has 1 aromatic rings. The number of nitriles is 1. The fourth-order valence-electron chi connectivity index (χ4n) is 2.52. The number of nitrogens with one attached hydrogen (secondary N) is 1. The van der Waals surface area contributed by atoms with Crippen LogP contribution in [0.1, 0.15) is 39.2 Å². The number of Topliss-reactive ketones (excluding diaryl/α,β-unsaturated/α-hetero) is 1. The Morgan fingerprint density at radius 3 is 2.46 bits per heavy atom. The lowest BCUT2D eigenvalue weighted by atomic mass is 9.64. The number of phenols is 1. The number of anilines is 1. The Balaban J connectivity index is 2.38. The van der Waals surface area contributed by atoms with E-state index in [1.54, 1.807) is 20.8 Å².